The number of aromatic hydroxyl groups is 1. The minimum Gasteiger partial charge on any atom is -0.505 e. The summed E-state index contributed by atoms with van der Waals surface area (Å²) in [7, 11) is 0. The van der Waals surface area contributed by atoms with E-state index in [2.05, 4.69) is 10.3 Å². The van der Waals surface area contributed by atoms with Gasteiger partial charge in [-0.25, -0.2) is 4.98 Å². The normalized spacial score (nSPS) is 16.7. The first-order chi connectivity index (χ1) is 8.55. The van der Waals surface area contributed by atoms with Crippen molar-refractivity contribution in [1.29, 1.82) is 0 Å². The van der Waals surface area contributed by atoms with Crippen molar-refractivity contribution >= 4 is 11.9 Å². The molecule has 6 heteroatoms. The first kappa shape index (κ1) is 12.3. The van der Waals surface area contributed by atoms with Crippen LogP contribution in [0, 0.1) is 5.41 Å². The largest absolute Gasteiger partial charge is 0.505 e. The highest BCUT2D eigenvalue weighted by molar-refractivity contribution is 5.95. The molecule has 1 saturated carbocycles. The molecular weight excluding hydrogens is 236 g/mol. The second-order valence-electron chi connectivity index (χ2n) is 4.49. The number of carboxylic acids is 1. The van der Waals surface area contributed by atoms with Gasteiger partial charge >= 0.3 is 5.97 Å². The highest BCUT2D eigenvalue weighted by Gasteiger charge is 2.44. The lowest BCUT2D eigenvalue weighted by Gasteiger charge is -2.37. The van der Waals surface area contributed by atoms with Gasteiger partial charge in [-0.2, -0.15) is 0 Å². The number of hydrogen-bond donors (Lipinski definition) is 3. The molecule has 1 aliphatic carbocycles. The van der Waals surface area contributed by atoms with Crippen LogP contribution in [0.15, 0.2) is 18.3 Å². The molecule has 1 aliphatic rings. The minimum absolute atomic E-state index is 0.0666. The van der Waals surface area contributed by atoms with Gasteiger partial charge in [0.05, 0.1) is 5.41 Å². The Morgan fingerprint density at radius 3 is 2.67 bits per heavy atom. The Kier molecular flexibility index (Phi) is 3.18. The van der Waals surface area contributed by atoms with Crippen LogP contribution in [0.25, 0.3) is 0 Å². The molecule has 0 bridgehead atoms. The first-order valence-electron chi connectivity index (χ1n) is 5.71. The van der Waals surface area contributed by atoms with Crippen molar-refractivity contribution in [3.63, 3.8) is 0 Å². The van der Waals surface area contributed by atoms with Gasteiger partial charge in [-0.3, -0.25) is 9.59 Å². The molecule has 1 fully saturated rings. The third-order valence-corrected chi connectivity index (χ3v) is 3.35. The van der Waals surface area contributed by atoms with Gasteiger partial charge in [-0.15, -0.1) is 0 Å². The van der Waals surface area contributed by atoms with Gasteiger partial charge in [0.2, 0.25) is 0 Å². The summed E-state index contributed by atoms with van der Waals surface area (Å²) in [6.07, 6.45) is 3.38. The number of aromatic nitrogens is 1. The third kappa shape index (κ3) is 2.13. The lowest BCUT2D eigenvalue weighted by Crippen LogP contribution is -2.47. The molecule has 0 aliphatic heterocycles. The fraction of sp³-hybridized carbons (Fsp3) is 0.417. The number of amides is 1. The van der Waals surface area contributed by atoms with Gasteiger partial charge in [0, 0.05) is 12.7 Å². The molecule has 3 N–H and O–H groups in total. The average Bonchev–Trinajstić information content (AvgIpc) is 2.27. The quantitative estimate of drug-likeness (QED) is 0.733. The van der Waals surface area contributed by atoms with E-state index in [1.54, 1.807) is 0 Å². The number of carbonyl (C=O) groups excluding carboxylic acids is 1. The standard InChI is InChI=1S/C12H14N2O4/c15-8-3-1-6-13-9(8)10(16)14-7-12(11(17)18)4-2-5-12/h1,3,6,15H,2,4-5,7H2,(H,14,16)(H,17,18). The number of nitrogens with zero attached hydrogens (tertiary/aromatic N) is 1. The van der Waals surface area contributed by atoms with Crippen molar-refractivity contribution in [2.45, 2.75) is 19.3 Å². The Bertz CT molecular complexity index is 483. The van der Waals surface area contributed by atoms with Crippen LogP contribution < -0.4 is 5.32 Å². The Morgan fingerprint density at radius 1 is 1.44 bits per heavy atom. The van der Waals surface area contributed by atoms with Crippen LogP contribution in [0.2, 0.25) is 0 Å². The summed E-state index contributed by atoms with van der Waals surface area (Å²) in [6.45, 7) is 0.0666. The lowest BCUT2D eigenvalue weighted by atomic mass is 9.69. The highest BCUT2D eigenvalue weighted by atomic mass is 16.4. The summed E-state index contributed by atoms with van der Waals surface area (Å²) in [6, 6.07) is 2.87. The molecule has 0 spiro atoms. The fourth-order valence-electron chi connectivity index (χ4n) is 1.97. The summed E-state index contributed by atoms with van der Waals surface area (Å²) in [5.74, 6) is -1.66. The van der Waals surface area contributed by atoms with Crippen LogP contribution in [-0.4, -0.2) is 33.6 Å². The van der Waals surface area contributed by atoms with Gasteiger partial charge in [0.15, 0.2) is 5.69 Å². The van der Waals surface area contributed by atoms with Crippen molar-refractivity contribution in [2.75, 3.05) is 6.54 Å². The molecule has 0 saturated heterocycles. The van der Waals surface area contributed by atoms with Crippen LogP contribution >= 0.6 is 0 Å². The van der Waals surface area contributed by atoms with E-state index in [4.69, 9.17) is 5.11 Å². The van der Waals surface area contributed by atoms with Crippen LogP contribution in [-0.2, 0) is 4.79 Å². The zero-order valence-electron chi connectivity index (χ0n) is 9.72. The average molecular weight is 250 g/mol. The maximum Gasteiger partial charge on any atom is 0.311 e. The third-order valence-electron chi connectivity index (χ3n) is 3.35. The number of aliphatic carboxylic acids is 1. The first-order valence-corrected chi connectivity index (χ1v) is 5.71. The molecule has 6 nitrogen and oxygen atoms in total. The van der Waals surface area contributed by atoms with E-state index in [1.807, 2.05) is 0 Å². The van der Waals surface area contributed by atoms with Crippen LogP contribution in [0.3, 0.4) is 0 Å². The number of pyridine rings is 1. The summed E-state index contributed by atoms with van der Waals surface area (Å²) < 4.78 is 0. The van der Waals surface area contributed by atoms with Crippen LogP contribution in [0.1, 0.15) is 29.8 Å². The van der Waals surface area contributed by atoms with Crippen LogP contribution in [0.4, 0.5) is 0 Å². The fourth-order valence-corrected chi connectivity index (χ4v) is 1.97. The Labute approximate surface area is 104 Å². The number of rotatable bonds is 4. The maximum absolute atomic E-state index is 11.7. The molecular formula is C12H14N2O4. The zero-order valence-corrected chi connectivity index (χ0v) is 9.72. The molecule has 2 rings (SSSR count). The highest BCUT2D eigenvalue weighted by Crippen LogP contribution is 2.40. The minimum atomic E-state index is -0.890. The van der Waals surface area contributed by atoms with E-state index >= 15 is 0 Å². The van der Waals surface area contributed by atoms with Crippen molar-refractivity contribution in [1.82, 2.24) is 10.3 Å². The van der Waals surface area contributed by atoms with Gasteiger partial charge < -0.3 is 15.5 Å². The SMILES string of the molecule is O=C(NCC1(C(=O)O)CCC1)c1ncccc1O. The summed E-state index contributed by atoms with van der Waals surface area (Å²) in [4.78, 5) is 26.6. The van der Waals surface area contributed by atoms with Crippen molar-refractivity contribution in [2.24, 2.45) is 5.41 Å². The van der Waals surface area contributed by atoms with Crippen molar-refractivity contribution in [3.8, 4) is 5.75 Å². The maximum atomic E-state index is 11.7. The van der Waals surface area contributed by atoms with Gasteiger partial charge in [-0.1, -0.05) is 6.42 Å². The number of nitrogens with one attached hydrogen (secondary N) is 1. The molecule has 18 heavy (non-hydrogen) atoms. The van der Waals surface area contributed by atoms with E-state index in [9.17, 15) is 14.7 Å². The Hall–Kier alpha value is -2.11. The van der Waals surface area contributed by atoms with E-state index in [0.29, 0.717) is 12.8 Å². The topological polar surface area (TPSA) is 99.5 Å². The molecule has 0 atom stereocenters. The van der Waals surface area contributed by atoms with Crippen molar-refractivity contribution in [3.05, 3.63) is 24.0 Å². The number of carbonyl (C=O) groups is 2. The molecule has 1 heterocycles. The summed E-state index contributed by atoms with van der Waals surface area (Å²) in [5.41, 5.74) is -0.933. The predicted molar refractivity (Wildman–Crippen MR) is 62.2 cm³/mol. The van der Waals surface area contributed by atoms with E-state index < -0.39 is 17.3 Å². The number of hydrogen-bond acceptors (Lipinski definition) is 4. The van der Waals surface area contributed by atoms with Crippen LogP contribution in [0.5, 0.6) is 5.75 Å². The molecule has 1 amide bonds. The smallest absolute Gasteiger partial charge is 0.311 e. The second kappa shape index (κ2) is 4.64. The van der Waals surface area contributed by atoms with Gasteiger partial charge in [-0.05, 0) is 25.0 Å². The van der Waals surface area contributed by atoms with Gasteiger partial charge in [0.1, 0.15) is 5.75 Å². The molecule has 1 aromatic rings. The Balaban J connectivity index is 2.01. The second-order valence-corrected chi connectivity index (χ2v) is 4.49. The summed E-state index contributed by atoms with van der Waals surface area (Å²) >= 11 is 0. The molecule has 0 aromatic carbocycles. The Morgan fingerprint density at radius 2 is 2.17 bits per heavy atom. The molecule has 96 valence electrons. The van der Waals surface area contributed by atoms with E-state index in [-0.39, 0.29) is 18.0 Å². The number of carboxylic acid groups (broad SMARTS) is 1. The predicted octanol–water partition coefficient (Wildman–Crippen LogP) is 0.772. The summed E-state index contributed by atoms with van der Waals surface area (Å²) in [5, 5.41) is 21.1. The lowest BCUT2D eigenvalue weighted by molar-refractivity contribution is -0.153. The van der Waals surface area contributed by atoms with E-state index in [1.165, 1.54) is 18.3 Å². The zero-order chi connectivity index (χ0) is 13.2. The molecule has 0 unspecified atom stereocenters. The molecule has 1 aromatic heterocycles. The van der Waals surface area contributed by atoms with E-state index in [0.717, 1.165) is 6.42 Å². The monoisotopic (exact) mass is 250 g/mol. The molecule has 0 radical (unpaired) electrons. The van der Waals surface area contributed by atoms with Gasteiger partial charge in [0.25, 0.3) is 5.91 Å². The van der Waals surface area contributed by atoms with Crippen molar-refractivity contribution < 1.29 is 19.8 Å².